The van der Waals surface area contributed by atoms with E-state index in [4.69, 9.17) is 0 Å². The summed E-state index contributed by atoms with van der Waals surface area (Å²) in [6, 6.07) is 6.83. The lowest BCUT2D eigenvalue weighted by molar-refractivity contribution is 0.101. The number of aromatic nitrogens is 1. The first kappa shape index (κ1) is 15.5. The molecule has 0 unspecified atom stereocenters. The number of hydrogen-bond acceptors (Lipinski definition) is 5. The quantitative estimate of drug-likeness (QED) is 0.879. The molecule has 1 aromatic heterocycles. The Morgan fingerprint density at radius 2 is 1.83 bits per heavy atom. The van der Waals surface area contributed by atoms with E-state index in [1.165, 1.54) is 6.92 Å². The monoisotopic (exact) mass is 330 g/mol. The van der Waals surface area contributed by atoms with Crippen LogP contribution in [0.5, 0.6) is 0 Å². The second kappa shape index (κ2) is 6.78. The van der Waals surface area contributed by atoms with Crippen LogP contribution in [-0.2, 0) is 0 Å². The first-order valence-electron chi connectivity index (χ1n) is 7.45. The normalized spacial score (nSPS) is 14.7. The number of amides is 2. The van der Waals surface area contributed by atoms with Crippen molar-refractivity contribution in [3.8, 4) is 0 Å². The van der Waals surface area contributed by atoms with Gasteiger partial charge in [-0.05, 0) is 31.2 Å². The first-order valence-corrected chi connectivity index (χ1v) is 8.33. The van der Waals surface area contributed by atoms with E-state index in [2.05, 4.69) is 15.2 Å². The maximum atomic E-state index is 12.3. The maximum absolute atomic E-state index is 12.3. The van der Waals surface area contributed by atoms with Crippen LogP contribution in [-0.4, -0.2) is 47.9 Å². The largest absolute Gasteiger partial charge is 0.345 e. The van der Waals surface area contributed by atoms with Crippen molar-refractivity contribution in [3.63, 3.8) is 0 Å². The number of hydrogen-bond donors (Lipinski definition) is 1. The van der Waals surface area contributed by atoms with Crippen LogP contribution in [0, 0.1) is 0 Å². The molecule has 1 saturated heterocycles. The van der Waals surface area contributed by atoms with E-state index in [-0.39, 0.29) is 11.8 Å². The lowest BCUT2D eigenvalue weighted by atomic mass is 10.1. The number of carbonyl (C=O) groups excluding carboxylic acids is 2. The number of nitrogens with zero attached hydrogens (tertiary/aromatic N) is 3. The average molecular weight is 330 g/mol. The van der Waals surface area contributed by atoms with E-state index < -0.39 is 0 Å². The predicted octanol–water partition coefficient (Wildman–Crippen LogP) is 2.70. The van der Waals surface area contributed by atoms with Gasteiger partial charge in [0.25, 0.3) is 0 Å². The Labute approximate surface area is 138 Å². The summed E-state index contributed by atoms with van der Waals surface area (Å²) in [7, 11) is 0. The Bertz CT molecular complexity index is 677. The van der Waals surface area contributed by atoms with Crippen molar-refractivity contribution in [2.24, 2.45) is 0 Å². The molecule has 0 bridgehead atoms. The minimum atomic E-state index is -0.112. The van der Waals surface area contributed by atoms with Crippen molar-refractivity contribution in [3.05, 3.63) is 41.4 Å². The highest BCUT2D eigenvalue weighted by Crippen LogP contribution is 2.19. The topological polar surface area (TPSA) is 65.5 Å². The summed E-state index contributed by atoms with van der Waals surface area (Å²) in [4.78, 5) is 31.8. The summed E-state index contributed by atoms with van der Waals surface area (Å²) in [5, 5.41) is 5.83. The minimum Gasteiger partial charge on any atom is -0.345 e. The van der Waals surface area contributed by atoms with Crippen molar-refractivity contribution < 1.29 is 9.59 Å². The second-order valence-corrected chi connectivity index (χ2v) is 6.23. The van der Waals surface area contributed by atoms with Gasteiger partial charge in [0.05, 0.1) is 0 Å². The van der Waals surface area contributed by atoms with Crippen molar-refractivity contribution in [2.75, 3.05) is 36.4 Å². The number of urea groups is 1. The Hall–Kier alpha value is -2.41. The third kappa shape index (κ3) is 3.68. The Balaban J connectivity index is 1.54. The van der Waals surface area contributed by atoms with Gasteiger partial charge in [-0.25, -0.2) is 9.78 Å². The summed E-state index contributed by atoms with van der Waals surface area (Å²) in [5.41, 5.74) is 1.34. The highest BCUT2D eigenvalue weighted by molar-refractivity contribution is 7.13. The van der Waals surface area contributed by atoms with Gasteiger partial charge in [-0.1, -0.05) is 0 Å². The lowest BCUT2D eigenvalue weighted by Gasteiger charge is -2.34. The number of anilines is 2. The van der Waals surface area contributed by atoms with E-state index in [0.717, 1.165) is 18.2 Å². The molecule has 1 N–H and O–H groups in total. The van der Waals surface area contributed by atoms with Gasteiger partial charge >= 0.3 is 6.03 Å². The highest BCUT2D eigenvalue weighted by atomic mass is 32.1. The summed E-state index contributed by atoms with van der Waals surface area (Å²) in [6.07, 6.45) is 1.80. The predicted molar refractivity (Wildman–Crippen MR) is 91.4 cm³/mol. The molecule has 0 spiro atoms. The van der Waals surface area contributed by atoms with Crippen LogP contribution in [0.15, 0.2) is 35.8 Å². The number of thiazole rings is 1. The number of carbonyl (C=O) groups is 2. The van der Waals surface area contributed by atoms with Gasteiger partial charge in [0, 0.05) is 49.0 Å². The summed E-state index contributed by atoms with van der Waals surface area (Å²) < 4.78 is 0. The van der Waals surface area contributed by atoms with Crippen LogP contribution in [0.1, 0.15) is 17.3 Å². The number of nitrogens with one attached hydrogen (secondary N) is 1. The molecule has 2 amide bonds. The van der Waals surface area contributed by atoms with Crippen molar-refractivity contribution in [1.82, 2.24) is 9.88 Å². The number of ketones is 1. The first-order chi connectivity index (χ1) is 11.1. The average Bonchev–Trinajstić information content (AvgIpc) is 3.10. The maximum Gasteiger partial charge on any atom is 0.321 e. The van der Waals surface area contributed by atoms with Crippen LogP contribution >= 0.6 is 11.3 Å². The van der Waals surface area contributed by atoms with Crippen molar-refractivity contribution in [2.45, 2.75) is 6.92 Å². The molecule has 1 aliphatic rings. The molecule has 1 aromatic carbocycles. The summed E-state index contributed by atoms with van der Waals surface area (Å²) in [5.74, 6) is 0.0150. The minimum absolute atomic E-state index is 0.0150. The molecule has 1 fully saturated rings. The Morgan fingerprint density at radius 1 is 1.13 bits per heavy atom. The zero-order chi connectivity index (χ0) is 16.2. The van der Waals surface area contributed by atoms with Gasteiger partial charge in [0.1, 0.15) is 0 Å². The fraction of sp³-hybridized carbons (Fsp3) is 0.312. The van der Waals surface area contributed by atoms with Crippen LogP contribution in [0.25, 0.3) is 0 Å². The fourth-order valence-corrected chi connectivity index (χ4v) is 3.16. The molecule has 0 radical (unpaired) electrons. The van der Waals surface area contributed by atoms with Crippen molar-refractivity contribution >= 4 is 34.0 Å². The third-order valence-corrected chi connectivity index (χ3v) is 4.63. The molecular weight excluding hydrogens is 312 g/mol. The summed E-state index contributed by atoms with van der Waals surface area (Å²) in [6.45, 7) is 4.41. The Morgan fingerprint density at radius 3 is 2.39 bits per heavy atom. The summed E-state index contributed by atoms with van der Waals surface area (Å²) >= 11 is 1.61. The highest BCUT2D eigenvalue weighted by Gasteiger charge is 2.22. The van der Waals surface area contributed by atoms with Crippen LogP contribution in [0.2, 0.25) is 0 Å². The molecule has 2 aromatic rings. The van der Waals surface area contributed by atoms with E-state index in [0.29, 0.717) is 24.3 Å². The second-order valence-electron chi connectivity index (χ2n) is 5.35. The number of benzene rings is 1. The molecule has 3 rings (SSSR count). The van der Waals surface area contributed by atoms with E-state index in [9.17, 15) is 9.59 Å². The molecule has 120 valence electrons. The molecule has 0 saturated carbocycles. The molecule has 23 heavy (non-hydrogen) atoms. The molecule has 1 aliphatic heterocycles. The van der Waals surface area contributed by atoms with Gasteiger partial charge < -0.3 is 15.1 Å². The van der Waals surface area contributed by atoms with Gasteiger partial charge in [-0.15, -0.1) is 11.3 Å². The smallest absolute Gasteiger partial charge is 0.321 e. The fourth-order valence-electron chi connectivity index (χ4n) is 2.46. The Kier molecular flexibility index (Phi) is 4.57. The molecule has 0 aliphatic carbocycles. The van der Waals surface area contributed by atoms with E-state index >= 15 is 0 Å². The molecule has 6 nitrogen and oxygen atoms in total. The van der Waals surface area contributed by atoms with Crippen LogP contribution in [0.3, 0.4) is 0 Å². The number of piperazine rings is 1. The van der Waals surface area contributed by atoms with E-state index in [1.807, 2.05) is 5.38 Å². The number of rotatable bonds is 3. The molecule has 2 heterocycles. The lowest BCUT2D eigenvalue weighted by Crippen LogP contribution is -2.50. The third-order valence-electron chi connectivity index (χ3n) is 3.80. The van der Waals surface area contributed by atoms with E-state index in [1.54, 1.807) is 46.7 Å². The standard InChI is InChI=1S/C16H18N4O2S/c1-12(21)13-2-4-14(5-3-13)18-15(22)19-7-9-20(10-8-19)16-17-6-11-23-16/h2-6,11H,7-10H2,1H3,(H,18,22). The van der Waals surface area contributed by atoms with Gasteiger partial charge in [0.15, 0.2) is 10.9 Å². The van der Waals surface area contributed by atoms with Gasteiger partial charge in [-0.2, -0.15) is 0 Å². The van der Waals surface area contributed by atoms with Gasteiger partial charge in [-0.3, -0.25) is 4.79 Å². The zero-order valence-corrected chi connectivity index (χ0v) is 13.7. The van der Waals surface area contributed by atoms with Crippen molar-refractivity contribution in [1.29, 1.82) is 0 Å². The zero-order valence-electron chi connectivity index (χ0n) is 12.9. The molecular formula is C16H18N4O2S. The van der Waals surface area contributed by atoms with Crippen LogP contribution < -0.4 is 10.2 Å². The van der Waals surface area contributed by atoms with Gasteiger partial charge in [0.2, 0.25) is 0 Å². The van der Waals surface area contributed by atoms with Crippen LogP contribution in [0.4, 0.5) is 15.6 Å². The SMILES string of the molecule is CC(=O)c1ccc(NC(=O)N2CCN(c3nccs3)CC2)cc1. The molecule has 7 heteroatoms. The number of Topliss-reactive ketones (excluding diaryl/α,β-unsaturated/α-hetero) is 1. The molecule has 0 atom stereocenters.